The predicted octanol–water partition coefficient (Wildman–Crippen LogP) is 2.99. The molecule has 0 aliphatic carbocycles. The van der Waals surface area contributed by atoms with Crippen molar-refractivity contribution >= 4 is 28.9 Å². The summed E-state index contributed by atoms with van der Waals surface area (Å²) in [7, 11) is 0. The second kappa shape index (κ2) is 10.3. The Labute approximate surface area is 158 Å². The Morgan fingerprint density at radius 1 is 1.19 bits per heavy atom. The Balaban J connectivity index is 1.90. The SMILES string of the molecule is C#Cc1cccc(NC(=O)CN=C(NCC)NCc2ccc(CC)s2)c1. The lowest BCUT2D eigenvalue weighted by Crippen LogP contribution is -2.37. The summed E-state index contributed by atoms with van der Waals surface area (Å²) in [5, 5.41) is 9.21. The summed E-state index contributed by atoms with van der Waals surface area (Å²) < 4.78 is 0. The Morgan fingerprint density at radius 2 is 2.00 bits per heavy atom. The van der Waals surface area contributed by atoms with Gasteiger partial charge in [-0.2, -0.15) is 0 Å². The molecule has 6 heteroatoms. The van der Waals surface area contributed by atoms with E-state index in [9.17, 15) is 4.79 Å². The first-order chi connectivity index (χ1) is 12.6. The van der Waals surface area contributed by atoms with Crippen LogP contribution in [0.5, 0.6) is 0 Å². The number of benzene rings is 1. The normalized spacial score (nSPS) is 10.9. The van der Waals surface area contributed by atoms with E-state index in [1.165, 1.54) is 9.75 Å². The lowest BCUT2D eigenvalue weighted by molar-refractivity contribution is -0.114. The number of aryl methyl sites for hydroxylation is 1. The van der Waals surface area contributed by atoms with Gasteiger partial charge in [0.15, 0.2) is 5.96 Å². The number of aliphatic imine (C=N–C) groups is 1. The molecule has 1 amide bonds. The van der Waals surface area contributed by atoms with Crippen LogP contribution in [0.1, 0.15) is 29.2 Å². The number of anilines is 1. The van der Waals surface area contributed by atoms with Gasteiger partial charge in [-0.1, -0.05) is 18.9 Å². The first kappa shape index (κ1) is 19.5. The highest BCUT2D eigenvalue weighted by molar-refractivity contribution is 7.11. The number of hydrogen-bond donors (Lipinski definition) is 3. The molecule has 0 aliphatic heterocycles. The molecule has 1 aromatic carbocycles. The van der Waals surface area contributed by atoms with Crippen LogP contribution < -0.4 is 16.0 Å². The summed E-state index contributed by atoms with van der Waals surface area (Å²) in [5.41, 5.74) is 1.40. The predicted molar refractivity (Wildman–Crippen MR) is 110 cm³/mol. The molecule has 2 aromatic rings. The first-order valence-electron chi connectivity index (χ1n) is 8.60. The van der Waals surface area contributed by atoms with Gasteiger partial charge in [-0.05, 0) is 43.7 Å². The van der Waals surface area contributed by atoms with E-state index in [1.807, 2.05) is 19.1 Å². The van der Waals surface area contributed by atoms with Crippen LogP contribution in [0.25, 0.3) is 0 Å². The van der Waals surface area contributed by atoms with Crippen LogP contribution in [0.2, 0.25) is 0 Å². The molecule has 0 fully saturated rings. The Bertz CT molecular complexity index is 804. The summed E-state index contributed by atoms with van der Waals surface area (Å²) in [6.07, 6.45) is 6.41. The fraction of sp³-hybridized carbons (Fsp3) is 0.300. The monoisotopic (exact) mass is 368 g/mol. The van der Waals surface area contributed by atoms with Crippen molar-refractivity contribution in [2.45, 2.75) is 26.8 Å². The first-order valence-corrected chi connectivity index (χ1v) is 9.42. The standard InChI is InChI=1S/C20H24N4OS/c1-4-15-8-7-9-16(12-15)24-19(25)14-23-20(21-6-3)22-13-18-11-10-17(5-2)26-18/h1,7-12H,5-6,13-14H2,2-3H3,(H,24,25)(H2,21,22,23). The van der Waals surface area contributed by atoms with Crippen molar-refractivity contribution in [1.82, 2.24) is 10.6 Å². The average molecular weight is 369 g/mol. The lowest BCUT2D eigenvalue weighted by Gasteiger charge is -2.10. The van der Waals surface area contributed by atoms with Crippen molar-refractivity contribution in [3.63, 3.8) is 0 Å². The fourth-order valence-corrected chi connectivity index (χ4v) is 3.16. The summed E-state index contributed by atoms with van der Waals surface area (Å²) >= 11 is 1.78. The molecule has 0 bridgehead atoms. The number of hydrogen-bond acceptors (Lipinski definition) is 3. The zero-order valence-electron chi connectivity index (χ0n) is 15.1. The second-order valence-corrected chi connectivity index (χ2v) is 6.80. The van der Waals surface area contributed by atoms with Gasteiger partial charge in [-0.15, -0.1) is 17.8 Å². The van der Waals surface area contributed by atoms with Gasteiger partial charge in [0.05, 0.1) is 6.54 Å². The Kier molecular flexibility index (Phi) is 7.72. The van der Waals surface area contributed by atoms with Gasteiger partial charge in [0.1, 0.15) is 6.54 Å². The molecule has 136 valence electrons. The molecule has 0 spiro atoms. The molecule has 26 heavy (non-hydrogen) atoms. The molecule has 3 N–H and O–H groups in total. The van der Waals surface area contributed by atoms with E-state index in [-0.39, 0.29) is 12.5 Å². The number of amides is 1. The van der Waals surface area contributed by atoms with Gasteiger partial charge in [0.2, 0.25) is 5.91 Å². The van der Waals surface area contributed by atoms with Crippen LogP contribution in [-0.2, 0) is 17.8 Å². The van der Waals surface area contributed by atoms with Gasteiger partial charge in [-0.3, -0.25) is 4.79 Å². The number of rotatable bonds is 7. The minimum atomic E-state index is -0.194. The van der Waals surface area contributed by atoms with Gasteiger partial charge in [0, 0.05) is 27.5 Å². The molecule has 2 rings (SSSR count). The number of thiophene rings is 1. The summed E-state index contributed by atoms with van der Waals surface area (Å²) in [4.78, 5) is 19.1. The average Bonchev–Trinajstić information content (AvgIpc) is 3.12. The van der Waals surface area contributed by atoms with Gasteiger partial charge < -0.3 is 16.0 Å². The largest absolute Gasteiger partial charge is 0.357 e. The molecule has 5 nitrogen and oxygen atoms in total. The lowest BCUT2D eigenvalue weighted by atomic mass is 10.2. The van der Waals surface area contributed by atoms with Crippen LogP contribution in [0.15, 0.2) is 41.4 Å². The van der Waals surface area contributed by atoms with Crippen molar-refractivity contribution in [3.05, 3.63) is 51.7 Å². The summed E-state index contributed by atoms with van der Waals surface area (Å²) in [5.74, 6) is 2.97. The molecular formula is C20H24N4OS. The van der Waals surface area contributed by atoms with E-state index in [4.69, 9.17) is 6.42 Å². The highest BCUT2D eigenvalue weighted by Crippen LogP contribution is 2.16. The number of nitrogens with one attached hydrogen (secondary N) is 3. The Hall–Kier alpha value is -2.78. The van der Waals surface area contributed by atoms with E-state index in [2.05, 4.69) is 45.9 Å². The fourth-order valence-electron chi connectivity index (χ4n) is 2.26. The van der Waals surface area contributed by atoms with Crippen molar-refractivity contribution < 1.29 is 4.79 Å². The van der Waals surface area contributed by atoms with Crippen LogP contribution >= 0.6 is 11.3 Å². The van der Waals surface area contributed by atoms with Crippen molar-refractivity contribution in [1.29, 1.82) is 0 Å². The highest BCUT2D eigenvalue weighted by atomic mass is 32.1. The Morgan fingerprint density at radius 3 is 2.69 bits per heavy atom. The minimum Gasteiger partial charge on any atom is -0.357 e. The quantitative estimate of drug-likeness (QED) is 0.400. The molecule has 0 radical (unpaired) electrons. The van der Waals surface area contributed by atoms with E-state index < -0.39 is 0 Å². The molecule has 0 saturated heterocycles. The molecule has 0 atom stereocenters. The van der Waals surface area contributed by atoms with Crippen LogP contribution in [-0.4, -0.2) is 25.0 Å². The molecular weight excluding hydrogens is 344 g/mol. The van der Waals surface area contributed by atoms with E-state index in [0.29, 0.717) is 18.2 Å². The number of carbonyl (C=O) groups is 1. The maximum Gasteiger partial charge on any atom is 0.246 e. The maximum atomic E-state index is 12.1. The van der Waals surface area contributed by atoms with E-state index >= 15 is 0 Å². The molecule has 1 aromatic heterocycles. The maximum absolute atomic E-state index is 12.1. The van der Waals surface area contributed by atoms with E-state index in [0.717, 1.165) is 18.5 Å². The van der Waals surface area contributed by atoms with Gasteiger partial charge in [0.25, 0.3) is 0 Å². The van der Waals surface area contributed by atoms with Crippen LogP contribution in [0, 0.1) is 12.3 Å². The van der Waals surface area contributed by atoms with Crippen molar-refractivity contribution in [2.75, 3.05) is 18.4 Å². The third-order valence-corrected chi connectivity index (χ3v) is 4.76. The molecule has 0 aliphatic rings. The van der Waals surface area contributed by atoms with E-state index in [1.54, 1.807) is 23.5 Å². The smallest absolute Gasteiger partial charge is 0.246 e. The molecule has 1 heterocycles. The third kappa shape index (κ3) is 6.26. The van der Waals surface area contributed by atoms with Crippen molar-refractivity contribution in [3.8, 4) is 12.3 Å². The topological polar surface area (TPSA) is 65.5 Å². The van der Waals surface area contributed by atoms with Gasteiger partial charge in [-0.25, -0.2) is 4.99 Å². The van der Waals surface area contributed by atoms with Crippen LogP contribution in [0.3, 0.4) is 0 Å². The third-order valence-electron chi connectivity index (χ3n) is 3.53. The molecule has 0 unspecified atom stereocenters. The zero-order chi connectivity index (χ0) is 18.8. The van der Waals surface area contributed by atoms with Crippen molar-refractivity contribution in [2.24, 2.45) is 4.99 Å². The summed E-state index contributed by atoms with van der Waals surface area (Å²) in [6, 6.07) is 11.4. The van der Waals surface area contributed by atoms with Crippen LogP contribution in [0.4, 0.5) is 5.69 Å². The highest BCUT2D eigenvalue weighted by Gasteiger charge is 2.05. The number of nitrogens with zero attached hydrogens (tertiary/aromatic N) is 1. The molecule has 0 saturated carbocycles. The number of carbonyl (C=O) groups excluding carboxylic acids is 1. The zero-order valence-corrected chi connectivity index (χ0v) is 16.0. The van der Waals surface area contributed by atoms with Gasteiger partial charge >= 0.3 is 0 Å². The number of terminal acetylenes is 1. The minimum absolute atomic E-state index is 0.0280. The second-order valence-electron chi connectivity index (χ2n) is 5.54. The summed E-state index contributed by atoms with van der Waals surface area (Å²) in [6.45, 7) is 5.57. The number of guanidine groups is 1.